The van der Waals surface area contributed by atoms with E-state index in [2.05, 4.69) is 4.72 Å². The average molecular weight is 271 g/mol. The van der Waals surface area contributed by atoms with Gasteiger partial charge in [0.05, 0.1) is 5.75 Å². The van der Waals surface area contributed by atoms with Gasteiger partial charge in [0.15, 0.2) is 0 Å². The molecule has 0 radical (unpaired) electrons. The third kappa shape index (κ3) is 4.64. The predicted molar refractivity (Wildman–Crippen MR) is 74.6 cm³/mol. The molecule has 0 aliphatic carbocycles. The summed E-state index contributed by atoms with van der Waals surface area (Å²) in [5, 5.41) is 0. The minimum atomic E-state index is -3.34. The summed E-state index contributed by atoms with van der Waals surface area (Å²) in [7, 11) is 0.479. The highest BCUT2D eigenvalue weighted by Gasteiger charge is 2.15. The van der Waals surface area contributed by atoms with E-state index in [9.17, 15) is 8.42 Å². The van der Waals surface area contributed by atoms with Crippen molar-refractivity contribution in [1.29, 1.82) is 0 Å². The number of hydrogen-bond donors (Lipinski definition) is 2. The molecule has 1 aromatic rings. The van der Waals surface area contributed by atoms with Gasteiger partial charge in [-0.3, -0.25) is 0 Å². The summed E-state index contributed by atoms with van der Waals surface area (Å²) in [5.74, 6) is -0.0835. The lowest BCUT2D eigenvalue weighted by molar-refractivity contribution is 0.314. The molecule has 1 aromatic carbocycles. The van der Waals surface area contributed by atoms with Crippen LogP contribution >= 0.6 is 0 Å². The first kappa shape index (κ1) is 14.9. The topological polar surface area (TPSA) is 75.4 Å². The highest BCUT2D eigenvalue weighted by Crippen LogP contribution is 2.13. The van der Waals surface area contributed by atoms with E-state index in [1.807, 2.05) is 25.9 Å². The van der Waals surface area contributed by atoms with Crippen molar-refractivity contribution in [2.75, 3.05) is 26.4 Å². The van der Waals surface area contributed by atoms with E-state index in [0.717, 1.165) is 0 Å². The van der Waals surface area contributed by atoms with Crippen molar-refractivity contribution in [3.05, 3.63) is 29.8 Å². The van der Waals surface area contributed by atoms with Gasteiger partial charge in [-0.2, -0.15) is 0 Å². The van der Waals surface area contributed by atoms with Crippen LogP contribution < -0.4 is 10.5 Å². The van der Waals surface area contributed by atoms with E-state index in [4.69, 9.17) is 5.73 Å². The van der Waals surface area contributed by atoms with Gasteiger partial charge < -0.3 is 10.6 Å². The fourth-order valence-corrected chi connectivity index (χ4v) is 2.62. The third-order valence-corrected chi connectivity index (χ3v) is 4.18. The number of para-hydroxylation sites is 1. The second kappa shape index (κ2) is 6.17. The molecule has 0 spiro atoms. The zero-order valence-electron chi connectivity index (χ0n) is 11.1. The smallest absolute Gasteiger partial charge is 0.215 e. The number of likely N-dealkylation sites (N-methyl/N-ethyl adjacent to an activating group) is 1. The summed E-state index contributed by atoms with van der Waals surface area (Å²) >= 11 is 0. The Bertz CT molecular complexity index is 486. The first-order valence-corrected chi connectivity index (χ1v) is 7.44. The van der Waals surface area contributed by atoms with Crippen molar-refractivity contribution >= 4 is 15.7 Å². The van der Waals surface area contributed by atoms with E-state index < -0.39 is 10.0 Å². The number of hydrogen-bond acceptors (Lipinski definition) is 4. The summed E-state index contributed by atoms with van der Waals surface area (Å²) in [6.45, 7) is 2.35. The summed E-state index contributed by atoms with van der Waals surface area (Å²) in [6, 6.07) is 7.14. The van der Waals surface area contributed by atoms with Gasteiger partial charge in [0.25, 0.3) is 0 Å². The predicted octanol–water partition coefficient (Wildman–Crippen LogP) is 0.638. The van der Waals surface area contributed by atoms with E-state index >= 15 is 0 Å². The first-order chi connectivity index (χ1) is 8.32. The molecular weight excluding hydrogens is 250 g/mol. The van der Waals surface area contributed by atoms with Crippen molar-refractivity contribution in [3.63, 3.8) is 0 Å². The average Bonchev–Trinajstić information content (AvgIpc) is 2.29. The Balaban J connectivity index is 2.63. The monoisotopic (exact) mass is 271 g/mol. The van der Waals surface area contributed by atoms with Crippen LogP contribution in [0.15, 0.2) is 24.3 Å². The number of nitrogen functional groups attached to an aromatic ring is 1. The maximum Gasteiger partial charge on any atom is 0.215 e. The number of nitrogens with one attached hydrogen (secondary N) is 1. The summed E-state index contributed by atoms with van der Waals surface area (Å²) in [6.07, 6.45) is 0. The molecule has 18 heavy (non-hydrogen) atoms. The van der Waals surface area contributed by atoms with Crippen molar-refractivity contribution in [1.82, 2.24) is 9.62 Å². The number of rotatable bonds is 6. The van der Waals surface area contributed by atoms with Gasteiger partial charge in [-0.15, -0.1) is 0 Å². The summed E-state index contributed by atoms with van der Waals surface area (Å²) in [5.41, 5.74) is 6.86. The number of nitrogens with zero attached hydrogens (tertiary/aromatic N) is 1. The van der Waals surface area contributed by atoms with Gasteiger partial charge in [0.1, 0.15) is 0 Å². The van der Waals surface area contributed by atoms with E-state index in [1.165, 1.54) is 0 Å². The van der Waals surface area contributed by atoms with E-state index in [1.54, 1.807) is 24.3 Å². The second-order valence-electron chi connectivity index (χ2n) is 4.62. The molecule has 0 amide bonds. The largest absolute Gasteiger partial charge is 0.398 e. The van der Waals surface area contributed by atoms with Crippen LogP contribution in [0.3, 0.4) is 0 Å². The normalized spacial score (nSPS) is 13.8. The Labute approximate surface area is 109 Å². The quantitative estimate of drug-likeness (QED) is 0.745. The first-order valence-electron chi connectivity index (χ1n) is 5.79. The molecule has 0 aliphatic heterocycles. The number of nitrogens with two attached hydrogens (primary N) is 1. The lowest BCUT2D eigenvalue weighted by Gasteiger charge is -2.20. The molecule has 102 valence electrons. The molecule has 1 unspecified atom stereocenters. The second-order valence-corrected chi connectivity index (χ2v) is 6.43. The lowest BCUT2D eigenvalue weighted by atomic mass is 10.2. The van der Waals surface area contributed by atoms with E-state index in [-0.39, 0.29) is 11.8 Å². The minimum absolute atomic E-state index is 0.0835. The van der Waals surface area contributed by atoms with Crippen molar-refractivity contribution in [2.45, 2.75) is 18.7 Å². The van der Waals surface area contributed by atoms with Crippen LogP contribution in [0.2, 0.25) is 0 Å². The molecule has 6 heteroatoms. The fourth-order valence-electron chi connectivity index (χ4n) is 1.35. The van der Waals surface area contributed by atoms with Gasteiger partial charge in [-0.1, -0.05) is 18.2 Å². The third-order valence-electron chi connectivity index (χ3n) is 2.88. The minimum Gasteiger partial charge on any atom is -0.398 e. The molecule has 1 rings (SSSR count). The zero-order chi connectivity index (χ0) is 13.8. The molecule has 0 bridgehead atoms. The van der Waals surface area contributed by atoms with Gasteiger partial charge in [-0.05, 0) is 32.6 Å². The molecule has 0 heterocycles. The maximum atomic E-state index is 11.9. The van der Waals surface area contributed by atoms with Crippen LogP contribution in [0.4, 0.5) is 5.69 Å². The highest BCUT2D eigenvalue weighted by atomic mass is 32.2. The van der Waals surface area contributed by atoms with Crippen LogP contribution in [0, 0.1) is 0 Å². The number of sulfonamides is 1. The molecule has 1 atom stereocenters. The van der Waals surface area contributed by atoms with Gasteiger partial charge in [-0.25, -0.2) is 13.1 Å². The summed E-state index contributed by atoms with van der Waals surface area (Å²) < 4.78 is 26.4. The molecule has 0 saturated carbocycles. The van der Waals surface area contributed by atoms with Gasteiger partial charge >= 0.3 is 0 Å². The molecule has 0 aromatic heterocycles. The van der Waals surface area contributed by atoms with E-state index in [0.29, 0.717) is 17.8 Å². The van der Waals surface area contributed by atoms with Gasteiger partial charge in [0, 0.05) is 18.3 Å². The zero-order valence-corrected chi connectivity index (χ0v) is 11.9. The number of benzene rings is 1. The molecule has 0 aliphatic rings. The van der Waals surface area contributed by atoms with Crippen molar-refractivity contribution in [3.8, 4) is 0 Å². The Hall–Kier alpha value is -1.11. The molecule has 5 nitrogen and oxygen atoms in total. The van der Waals surface area contributed by atoms with Crippen LogP contribution in [-0.4, -0.2) is 40.0 Å². The van der Waals surface area contributed by atoms with Crippen LogP contribution in [-0.2, 0) is 15.8 Å². The number of anilines is 1. The van der Waals surface area contributed by atoms with Crippen LogP contribution in [0.1, 0.15) is 12.5 Å². The summed E-state index contributed by atoms with van der Waals surface area (Å²) in [4.78, 5) is 1.96. The fraction of sp³-hybridized carbons (Fsp3) is 0.500. The van der Waals surface area contributed by atoms with Crippen LogP contribution in [0.5, 0.6) is 0 Å². The Morgan fingerprint density at radius 2 is 1.94 bits per heavy atom. The lowest BCUT2D eigenvalue weighted by Crippen LogP contribution is -2.38. The molecular formula is C12H21N3O2S. The van der Waals surface area contributed by atoms with Gasteiger partial charge in [0.2, 0.25) is 10.0 Å². The Morgan fingerprint density at radius 3 is 2.50 bits per heavy atom. The van der Waals surface area contributed by atoms with Crippen molar-refractivity contribution in [2.24, 2.45) is 0 Å². The standard InChI is InChI=1S/C12H21N3O2S/c1-10(15(2)3)8-14-18(16,17)9-11-6-4-5-7-12(11)13/h4-7,10,14H,8-9,13H2,1-3H3. The maximum absolute atomic E-state index is 11.9. The Morgan fingerprint density at radius 1 is 1.33 bits per heavy atom. The van der Waals surface area contributed by atoms with Crippen molar-refractivity contribution < 1.29 is 8.42 Å². The molecule has 3 N–H and O–H groups in total. The van der Waals surface area contributed by atoms with Crippen LogP contribution in [0.25, 0.3) is 0 Å². The SMILES string of the molecule is CC(CNS(=O)(=O)Cc1ccccc1N)N(C)C. The highest BCUT2D eigenvalue weighted by molar-refractivity contribution is 7.88. The Kier molecular flexibility index (Phi) is 5.13. The molecule has 0 saturated heterocycles. The molecule has 0 fully saturated rings.